The largest absolute Gasteiger partial charge is 0.337 e. The van der Waals surface area contributed by atoms with Crippen molar-refractivity contribution in [2.24, 2.45) is 0 Å². The van der Waals surface area contributed by atoms with Crippen molar-refractivity contribution in [2.45, 2.75) is 0 Å². The maximum atomic E-state index is 9.13. The summed E-state index contributed by atoms with van der Waals surface area (Å²) in [6.07, 6.45) is 0. The molecule has 0 radical (unpaired) electrons. The summed E-state index contributed by atoms with van der Waals surface area (Å²) in [6, 6.07) is 23.8. The van der Waals surface area contributed by atoms with E-state index in [4.69, 9.17) is 5.26 Å². The second-order valence-corrected chi connectivity index (χ2v) is 6.13. The van der Waals surface area contributed by atoms with Gasteiger partial charge in [-0.25, -0.2) is 4.98 Å². The van der Waals surface area contributed by atoms with E-state index in [0.29, 0.717) is 5.56 Å². The van der Waals surface area contributed by atoms with Gasteiger partial charge in [-0.05, 0) is 47.5 Å². The molecule has 5 aromatic rings. The van der Waals surface area contributed by atoms with Crippen molar-refractivity contribution in [1.29, 1.82) is 5.26 Å². The summed E-state index contributed by atoms with van der Waals surface area (Å²) < 4.78 is 0. The minimum atomic E-state index is 0.646. The summed E-state index contributed by atoms with van der Waals surface area (Å²) in [5.74, 6) is 0.736. The molecule has 0 fully saturated rings. The van der Waals surface area contributed by atoms with Crippen LogP contribution in [0.15, 0.2) is 66.7 Å². The second-order valence-electron chi connectivity index (χ2n) is 6.13. The zero-order valence-corrected chi connectivity index (χ0v) is 13.7. The van der Waals surface area contributed by atoms with E-state index in [0.717, 1.165) is 44.6 Å². The molecule has 2 aromatic heterocycles. The molecule has 3 aromatic carbocycles. The monoisotopic (exact) mass is 335 g/mol. The maximum absolute atomic E-state index is 9.13. The number of aromatic amines is 2. The molecule has 0 aliphatic rings. The average Bonchev–Trinajstić information content (AvgIpc) is 3.31. The van der Waals surface area contributed by atoms with Crippen LogP contribution < -0.4 is 0 Å². The fourth-order valence-electron chi connectivity index (χ4n) is 3.21. The molecule has 26 heavy (non-hydrogen) atoms. The lowest BCUT2D eigenvalue weighted by molar-refractivity contribution is 1.11. The molecule has 0 saturated heterocycles. The molecular weight excluding hydrogens is 322 g/mol. The number of aromatic nitrogens is 4. The van der Waals surface area contributed by atoms with Gasteiger partial charge in [0, 0.05) is 5.39 Å². The third-order valence-electron chi connectivity index (χ3n) is 4.50. The van der Waals surface area contributed by atoms with Crippen LogP contribution in [0.25, 0.3) is 44.6 Å². The van der Waals surface area contributed by atoms with Crippen molar-refractivity contribution < 1.29 is 0 Å². The molecule has 2 heterocycles. The molecule has 0 amide bonds. The SMILES string of the molecule is N#Cc1cccc(-c2ccc3[nH]nc(-c4nc5ccccc5[nH]4)c3c2)c1. The van der Waals surface area contributed by atoms with Crippen LogP contribution in [0.3, 0.4) is 0 Å². The number of rotatable bonds is 2. The van der Waals surface area contributed by atoms with Crippen LogP contribution in [0.5, 0.6) is 0 Å². The zero-order valence-electron chi connectivity index (χ0n) is 13.7. The highest BCUT2D eigenvalue weighted by Crippen LogP contribution is 2.30. The Morgan fingerprint density at radius 1 is 0.846 bits per heavy atom. The van der Waals surface area contributed by atoms with Crippen LogP contribution in [-0.4, -0.2) is 20.2 Å². The summed E-state index contributed by atoms with van der Waals surface area (Å²) >= 11 is 0. The molecule has 122 valence electrons. The number of nitrogens with zero attached hydrogens (tertiary/aromatic N) is 3. The number of imidazole rings is 1. The van der Waals surface area contributed by atoms with E-state index in [9.17, 15) is 0 Å². The minimum absolute atomic E-state index is 0.646. The number of H-pyrrole nitrogens is 2. The first-order valence-corrected chi connectivity index (χ1v) is 8.25. The van der Waals surface area contributed by atoms with Crippen molar-refractivity contribution >= 4 is 21.9 Å². The Hall–Kier alpha value is -3.91. The highest BCUT2D eigenvalue weighted by Gasteiger charge is 2.13. The van der Waals surface area contributed by atoms with E-state index in [1.807, 2.05) is 54.6 Å². The third-order valence-corrected chi connectivity index (χ3v) is 4.50. The molecule has 0 aliphatic heterocycles. The second kappa shape index (κ2) is 5.57. The number of hydrogen-bond acceptors (Lipinski definition) is 3. The molecular formula is C21H13N5. The minimum Gasteiger partial charge on any atom is -0.337 e. The Labute approximate surface area is 148 Å². The van der Waals surface area contributed by atoms with E-state index >= 15 is 0 Å². The highest BCUT2D eigenvalue weighted by molar-refractivity contribution is 5.95. The lowest BCUT2D eigenvalue weighted by Gasteiger charge is -2.03. The van der Waals surface area contributed by atoms with Gasteiger partial charge < -0.3 is 4.98 Å². The lowest BCUT2D eigenvalue weighted by Crippen LogP contribution is -1.83. The lowest BCUT2D eigenvalue weighted by atomic mass is 10.0. The van der Waals surface area contributed by atoms with Crippen molar-refractivity contribution in [3.05, 3.63) is 72.3 Å². The average molecular weight is 335 g/mol. The molecule has 0 atom stereocenters. The Morgan fingerprint density at radius 3 is 2.62 bits per heavy atom. The van der Waals surface area contributed by atoms with Gasteiger partial charge >= 0.3 is 0 Å². The quantitative estimate of drug-likeness (QED) is 0.493. The van der Waals surface area contributed by atoms with Gasteiger partial charge in [0.15, 0.2) is 5.82 Å². The van der Waals surface area contributed by atoms with Gasteiger partial charge in [-0.2, -0.15) is 10.4 Å². The number of fused-ring (bicyclic) bond motifs is 2. The molecule has 0 spiro atoms. The van der Waals surface area contributed by atoms with Gasteiger partial charge in [0.25, 0.3) is 0 Å². The van der Waals surface area contributed by atoms with Crippen molar-refractivity contribution in [3.8, 4) is 28.7 Å². The fraction of sp³-hybridized carbons (Fsp3) is 0. The van der Waals surface area contributed by atoms with E-state index in [1.165, 1.54) is 0 Å². The van der Waals surface area contributed by atoms with Gasteiger partial charge in [-0.3, -0.25) is 5.10 Å². The van der Waals surface area contributed by atoms with E-state index in [1.54, 1.807) is 6.07 Å². The highest BCUT2D eigenvalue weighted by atomic mass is 15.1. The molecule has 2 N–H and O–H groups in total. The predicted molar refractivity (Wildman–Crippen MR) is 101 cm³/mol. The first-order valence-electron chi connectivity index (χ1n) is 8.25. The van der Waals surface area contributed by atoms with Crippen LogP contribution in [-0.2, 0) is 0 Å². The first kappa shape index (κ1) is 14.4. The van der Waals surface area contributed by atoms with Crippen molar-refractivity contribution in [3.63, 3.8) is 0 Å². The Kier molecular flexibility index (Phi) is 3.09. The summed E-state index contributed by atoms with van der Waals surface area (Å²) in [5.41, 5.74) is 6.31. The van der Waals surface area contributed by atoms with Crippen LogP contribution in [0, 0.1) is 11.3 Å². The van der Waals surface area contributed by atoms with Crippen LogP contribution in [0.4, 0.5) is 0 Å². The van der Waals surface area contributed by atoms with Crippen LogP contribution >= 0.6 is 0 Å². The zero-order chi connectivity index (χ0) is 17.5. The summed E-state index contributed by atoms with van der Waals surface area (Å²) in [5, 5.41) is 17.7. The fourth-order valence-corrected chi connectivity index (χ4v) is 3.21. The topological polar surface area (TPSA) is 81.2 Å². The molecule has 0 aliphatic carbocycles. The molecule has 5 heteroatoms. The Balaban J connectivity index is 1.68. The van der Waals surface area contributed by atoms with Gasteiger partial charge in [-0.15, -0.1) is 0 Å². The van der Waals surface area contributed by atoms with E-state index in [-0.39, 0.29) is 0 Å². The van der Waals surface area contributed by atoms with Crippen LogP contribution in [0.1, 0.15) is 5.56 Å². The van der Waals surface area contributed by atoms with E-state index in [2.05, 4.69) is 32.3 Å². The Bertz CT molecular complexity index is 1270. The van der Waals surface area contributed by atoms with E-state index < -0.39 is 0 Å². The smallest absolute Gasteiger partial charge is 0.159 e. The molecule has 0 unspecified atom stereocenters. The summed E-state index contributed by atoms with van der Waals surface area (Å²) in [4.78, 5) is 7.98. The normalized spacial score (nSPS) is 11.0. The van der Waals surface area contributed by atoms with Crippen molar-refractivity contribution in [2.75, 3.05) is 0 Å². The molecule has 5 nitrogen and oxygen atoms in total. The number of nitriles is 1. The summed E-state index contributed by atoms with van der Waals surface area (Å²) in [6.45, 7) is 0. The maximum Gasteiger partial charge on any atom is 0.159 e. The van der Waals surface area contributed by atoms with Gasteiger partial charge in [0.05, 0.1) is 28.2 Å². The van der Waals surface area contributed by atoms with Gasteiger partial charge in [-0.1, -0.05) is 30.3 Å². The first-order chi connectivity index (χ1) is 12.8. The van der Waals surface area contributed by atoms with Gasteiger partial charge in [0.2, 0.25) is 0 Å². The van der Waals surface area contributed by atoms with Gasteiger partial charge in [0.1, 0.15) is 5.69 Å². The number of benzene rings is 3. The van der Waals surface area contributed by atoms with Crippen molar-refractivity contribution in [1.82, 2.24) is 20.2 Å². The van der Waals surface area contributed by atoms with Crippen LogP contribution in [0.2, 0.25) is 0 Å². The molecule has 5 rings (SSSR count). The summed E-state index contributed by atoms with van der Waals surface area (Å²) in [7, 11) is 0. The number of nitrogens with one attached hydrogen (secondary N) is 2. The third kappa shape index (κ3) is 2.25. The Morgan fingerprint density at radius 2 is 1.73 bits per heavy atom. The number of para-hydroxylation sites is 2. The number of hydrogen-bond donors (Lipinski definition) is 2. The standard InChI is InChI=1S/C21H13N5/c22-12-13-4-3-5-14(10-13)15-8-9-17-16(11-15)20(26-25-17)21-23-18-6-1-2-7-19(18)24-21/h1-11H,(H,23,24)(H,25,26). The molecule has 0 bridgehead atoms. The molecule has 0 saturated carbocycles. The predicted octanol–water partition coefficient (Wildman–Crippen LogP) is 4.64.